The van der Waals surface area contributed by atoms with Gasteiger partial charge >= 0.3 is 11.9 Å². The van der Waals surface area contributed by atoms with Crippen molar-refractivity contribution in [2.24, 2.45) is 0 Å². The van der Waals surface area contributed by atoms with E-state index < -0.39 is 5.97 Å². The second kappa shape index (κ2) is 39.1. The maximum Gasteiger partial charge on any atom is 0.306 e. The average Bonchev–Trinajstić information content (AvgIpc) is 3.07. The Labute approximate surface area is 297 Å². The monoisotopic (exact) mass is 669 g/mol. The molecule has 1 unspecified atom stereocenters. The molecule has 276 valence electrons. The van der Waals surface area contributed by atoms with Crippen LogP contribution in [0.25, 0.3) is 0 Å². The zero-order valence-electron chi connectivity index (χ0n) is 31.5. The van der Waals surface area contributed by atoms with Crippen molar-refractivity contribution in [3.05, 3.63) is 60.8 Å². The third kappa shape index (κ3) is 38.1. The van der Waals surface area contributed by atoms with E-state index in [1.165, 1.54) is 70.6 Å². The fraction of sp³-hybridized carbons (Fsp3) is 0.727. The number of hydrogen-bond donors (Lipinski definition) is 1. The van der Waals surface area contributed by atoms with Gasteiger partial charge in [-0.05, 0) is 96.3 Å². The fourth-order valence-electron chi connectivity index (χ4n) is 5.76. The van der Waals surface area contributed by atoms with Gasteiger partial charge in [0, 0.05) is 12.8 Å². The van der Waals surface area contributed by atoms with Crippen LogP contribution < -0.4 is 0 Å². The van der Waals surface area contributed by atoms with Crippen molar-refractivity contribution < 1.29 is 19.4 Å². The number of rotatable bonds is 36. The lowest BCUT2D eigenvalue weighted by Crippen LogP contribution is -2.18. The molecule has 1 atom stereocenters. The smallest absolute Gasteiger partial charge is 0.306 e. The lowest BCUT2D eigenvalue weighted by Gasteiger charge is -2.18. The minimum absolute atomic E-state index is 0.0156. The second-order valence-electron chi connectivity index (χ2n) is 13.4. The van der Waals surface area contributed by atoms with Crippen molar-refractivity contribution >= 4 is 11.9 Å². The molecule has 0 aliphatic heterocycles. The number of allylic oxidation sites excluding steroid dienone is 10. The van der Waals surface area contributed by atoms with Crippen LogP contribution in [0.3, 0.4) is 0 Å². The summed E-state index contributed by atoms with van der Waals surface area (Å²) in [5.41, 5.74) is 0. The molecule has 0 amide bonds. The molecule has 0 heterocycles. The summed E-state index contributed by atoms with van der Waals surface area (Å²) in [6.07, 6.45) is 53.8. The molecule has 0 fully saturated rings. The number of unbranched alkanes of at least 4 members (excludes halogenated alkanes) is 17. The summed E-state index contributed by atoms with van der Waals surface area (Å²) in [7, 11) is 0. The fourth-order valence-corrected chi connectivity index (χ4v) is 5.76. The third-order valence-electron chi connectivity index (χ3n) is 8.72. The number of esters is 1. The highest BCUT2D eigenvalue weighted by atomic mass is 16.5. The maximum absolute atomic E-state index is 12.7. The molecule has 0 aromatic rings. The van der Waals surface area contributed by atoms with E-state index >= 15 is 0 Å². The van der Waals surface area contributed by atoms with E-state index in [0.717, 1.165) is 103 Å². The first-order valence-electron chi connectivity index (χ1n) is 20.3. The van der Waals surface area contributed by atoms with Gasteiger partial charge < -0.3 is 9.84 Å². The highest BCUT2D eigenvalue weighted by molar-refractivity contribution is 5.69. The van der Waals surface area contributed by atoms with E-state index in [1.807, 2.05) is 0 Å². The van der Waals surface area contributed by atoms with E-state index in [1.54, 1.807) is 0 Å². The van der Waals surface area contributed by atoms with E-state index in [9.17, 15) is 9.59 Å². The molecule has 0 saturated heterocycles. The molecule has 0 saturated carbocycles. The maximum atomic E-state index is 12.7. The standard InChI is InChI=1S/C44H76O4/c1-3-5-7-9-11-13-15-16-17-18-19-20-21-22-24-26-28-33-37-41-44(47)48-42(39-35-31-29-32-36-40-43(45)46)38-34-30-27-25-23-14-12-10-8-6-4-2/h5,7,11,13,16-17,19-20,25,27,42H,3-4,6,8-10,12,14-15,18,21-24,26,28-41H2,1-2H3,(H,45,46)/b7-5-,13-11-,17-16-,20-19-,27-25-. The number of carboxylic acids is 1. The Hall–Kier alpha value is -2.36. The van der Waals surface area contributed by atoms with Gasteiger partial charge in [-0.25, -0.2) is 0 Å². The molecular formula is C44H76O4. The normalized spacial score (nSPS) is 12.9. The first-order valence-corrected chi connectivity index (χ1v) is 20.3. The van der Waals surface area contributed by atoms with Crippen molar-refractivity contribution in [3.8, 4) is 0 Å². The molecule has 0 rings (SSSR count). The zero-order chi connectivity index (χ0) is 35.0. The Morgan fingerprint density at radius 3 is 1.46 bits per heavy atom. The quantitative estimate of drug-likeness (QED) is 0.0410. The second-order valence-corrected chi connectivity index (χ2v) is 13.4. The molecule has 0 radical (unpaired) electrons. The average molecular weight is 669 g/mol. The minimum atomic E-state index is -0.708. The summed E-state index contributed by atoms with van der Waals surface area (Å²) >= 11 is 0. The summed E-state index contributed by atoms with van der Waals surface area (Å²) in [6.45, 7) is 4.42. The van der Waals surface area contributed by atoms with Crippen molar-refractivity contribution in [2.45, 2.75) is 206 Å². The van der Waals surface area contributed by atoms with Gasteiger partial charge in [0.15, 0.2) is 0 Å². The predicted molar refractivity (Wildman–Crippen MR) is 208 cm³/mol. The molecule has 0 aromatic heterocycles. The van der Waals surface area contributed by atoms with Crippen molar-refractivity contribution in [1.82, 2.24) is 0 Å². The van der Waals surface area contributed by atoms with Gasteiger partial charge in [0.1, 0.15) is 6.10 Å². The SMILES string of the molecule is CC/C=C\C/C=C\C/C=C\C/C=C\CCCCCCCCC(=O)OC(CCC/C=C\CCCCCCCC)CCCCCCCC(=O)O. The Kier molecular flexibility index (Phi) is 37.2. The Bertz CT molecular complexity index is 850. The number of carbonyl (C=O) groups is 2. The van der Waals surface area contributed by atoms with Crippen LogP contribution in [0.5, 0.6) is 0 Å². The van der Waals surface area contributed by atoms with E-state index in [0.29, 0.717) is 6.42 Å². The highest BCUT2D eigenvalue weighted by Crippen LogP contribution is 2.18. The van der Waals surface area contributed by atoms with Crippen LogP contribution in [0.2, 0.25) is 0 Å². The van der Waals surface area contributed by atoms with Gasteiger partial charge in [0.25, 0.3) is 0 Å². The summed E-state index contributed by atoms with van der Waals surface area (Å²) in [5.74, 6) is -0.736. The lowest BCUT2D eigenvalue weighted by molar-refractivity contribution is -0.150. The van der Waals surface area contributed by atoms with Crippen LogP contribution in [0.15, 0.2) is 60.8 Å². The van der Waals surface area contributed by atoms with Crippen molar-refractivity contribution in [3.63, 3.8) is 0 Å². The molecule has 4 heteroatoms. The third-order valence-corrected chi connectivity index (χ3v) is 8.72. The van der Waals surface area contributed by atoms with Gasteiger partial charge in [0.05, 0.1) is 0 Å². The first kappa shape index (κ1) is 45.6. The van der Waals surface area contributed by atoms with Crippen molar-refractivity contribution in [2.75, 3.05) is 0 Å². The summed E-state index contributed by atoms with van der Waals surface area (Å²) in [4.78, 5) is 23.4. The van der Waals surface area contributed by atoms with Crippen LogP contribution in [-0.2, 0) is 14.3 Å². The molecule has 0 aromatic carbocycles. The topological polar surface area (TPSA) is 63.6 Å². The van der Waals surface area contributed by atoms with Gasteiger partial charge in [0.2, 0.25) is 0 Å². The lowest BCUT2D eigenvalue weighted by atomic mass is 10.0. The number of hydrogen-bond acceptors (Lipinski definition) is 3. The summed E-state index contributed by atoms with van der Waals surface area (Å²) < 4.78 is 5.98. The van der Waals surface area contributed by atoms with Crippen LogP contribution in [0.4, 0.5) is 0 Å². The Balaban J connectivity index is 4.07. The van der Waals surface area contributed by atoms with Gasteiger partial charge in [-0.1, -0.05) is 152 Å². The first-order chi connectivity index (χ1) is 23.6. The van der Waals surface area contributed by atoms with Gasteiger partial charge in [-0.2, -0.15) is 0 Å². The molecule has 0 spiro atoms. The van der Waals surface area contributed by atoms with Gasteiger partial charge in [-0.15, -0.1) is 0 Å². The van der Waals surface area contributed by atoms with E-state index in [4.69, 9.17) is 9.84 Å². The molecule has 48 heavy (non-hydrogen) atoms. The highest BCUT2D eigenvalue weighted by Gasteiger charge is 2.14. The molecular weight excluding hydrogens is 592 g/mol. The summed E-state index contributed by atoms with van der Waals surface area (Å²) in [6, 6.07) is 0. The predicted octanol–water partition coefficient (Wildman–Crippen LogP) is 14.1. The largest absolute Gasteiger partial charge is 0.481 e. The summed E-state index contributed by atoms with van der Waals surface area (Å²) in [5, 5.41) is 8.82. The molecule has 4 nitrogen and oxygen atoms in total. The molecule has 1 N–H and O–H groups in total. The van der Waals surface area contributed by atoms with Crippen LogP contribution in [0.1, 0.15) is 200 Å². The van der Waals surface area contributed by atoms with Crippen LogP contribution in [-0.4, -0.2) is 23.1 Å². The number of ether oxygens (including phenoxy) is 1. The molecule has 0 aliphatic rings. The minimum Gasteiger partial charge on any atom is -0.481 e. The van der Waals surface area contributed by atoms with Crippen LogP contribution in [0, 0.1) is 0 Å². The van der Waals surface area contributed by atoms with Crippen LogP contribution >= 0.6 is 0 Å². The van der Waals surface area contributed by atoms with E-state index in [-0.39, 0.29) is 18.5 Å². The Morgan fingerprint density at radius 2 is 0.896 bits per heavy atom. The molecule has 0 bridgehead atoms. The number of carbonyl (C=O) groups excluding carboxylic acids is 1. The molecule has 0 aliphatic carbocycles. The zero-order valence-corrected chi connectivity index (χ0v) is 31.5. The number of aliphatic carboxylic acids is 1. The number of carboxylic acid groups (broad SMARTS) is 1. The Morgan fingerprint density at radius 1 is 0.479 bits per heavy atom. The van der Waals surface area contributed by atoms with E-state index in [2.05, 4.69) is 74.6 Å². The van der Waals surface area contributed by atoms with Gasteiger partial charge in [-0.3, -0.25) is 9.59 Å². The van der Waals surface area contributed by atoms with Crippen molar-refractivity contribution in [1.29, 1.82) is 0 Å².